The Morgan fingerprint density at radius 3 is 2.42 bits per heavy atom. The predicted molar refractivity (Wildman–Crippen MR) is 73.9 cm³/mol. The average Bonchev–Trinajstić information content (AvgIpc) is 2.57. The molecule has 5 heteroatoms. The minimum atomic E-state index is -0.864. The van der Waals surface area contributed by atoms with Crippen LogP contribution in [0.1, 0.15) is 47.0 Å². The molecule has 1 rings (SSSR count). The van der Waals surface area contributed by atoms with Gasteiger partial charge in [-0.1, -0.05) is 34.1 Å². The number of rotatable bonds is 5. The van der Waals surface area contributed by atoms with E-state index in [-0.39, 0.29) is 30.0 Å². The van der Waals surface area contributed by atoms with Crippen LogP contribution in [0.15, 0.2) is 0 Å². The Hall–Kier alpha value is -1.26. The largest absolute Gasteiger partial charge is 0.481 e. The number of hydrogen-bond acceptors (Lipinski definition) is 2. The number of urea groups is 1. The Bertz CT molecular complexity index is 340. The molecular weight excluding hydrogens is 244 g/mol. The van der Waals surface area contributed by atoms with Crippen LogP contribution in [0, 0.1) is 17.3 Å². The summed E-state index contributed by atoms with van der Waals surface area (Å²) in [6, 6.07) is -0.0818. The molecule has 0 bridgehead atoms. The lowest BCUT2D eigenvalue weighted by atomic mass is 9.87. The van der Waals surface area contributed by atoms with Gasteiger partial charge in [-0.05, 0) is 24.2 Å². The summed E-state index contributed by atoms with van der Waals surface area (Å²) in [6.45, 7) is 8.17. The third kappa shape index (κ3) is 4.40. The highest BCUT2D eigenvalue weighted by Gasteiger charge is 2.35. The van der Waals surface area contributed by atoms with Crippen LogP contribution in [0.25, 0.3) is 0 Å². The fraction of sp³-hybridized carbons (Fsp3) is 0.857. The fourth-order valence-corrected chi connectivity index (χ4v) is 2.61. The maximum atomic E-state index is 11.8. The zero-order chi connectivity index (χ0) is 14.6. The van der Waals surface area contributed by atoms with E-state index >= 15 is 0 Å². The molecule has 1 saturated carbocycles. The van der Waals surface area contributed by atoms with Gasteiger partial charge in [-0.25, -0.2) is 4.79 Å². The minimum absolute atomic E-state index is 0.000668. The van der Waals surface area contributed by atoms with E-state index in [2.05, 4.69) is 24.5 Å². The second-order valence-electron chi connectivity index (χ2n) is 6.48. The minimum Gasteiger partial charge on any atom is -0.481 e. The summed E-state index contributed by atoms with van der Waals surface area (Å²) in [6.07, 6.45) is 3.23. The first-order valence-corrected chi connectivity index (χ1v) is 7.01. The lowest BCUT2D eigenvalue weighted by Crippen LogP contribution is -2.48. The molecule has 19 heavy (non-hydrogen) atoms. The van der Waals surface area contributed by atoms with Gasteiger partial charge in [0.15, 0.2) is 0 Å². The zero-order valence-corrected chi connectivity index (χ0v) is 12.3. The summed E-state index contributed by atoms with van der Waals surface area (Å²) in [7, 11) is 0. The van der Waals surface area contributed by atoms with Gasteiger partial charge < -0.3 is 15.7 Å². The highest BCUT2D eigenvalue weighted by molar-refractivity contribution is 5.76. The molecule has 0 saturated heterocycles. The molecular formula is C14H26N2O3. The van der Waals surface area contributed by atoms with Gasteiger partial charge in [0.05, 0.1) is 5.92 Å². The summed E-state index contributed by atoms with van der Waals surface area (Å²) in [4.78, 5) is 22.9. The molecule has 1 fully saturated rings. The van der Waals surface area contributed by atoms with Crippen LogP contribution >= 0.6 is 0 Å². The van der Waals surface area contributed by atoms with Gasteiger partial charge >= 0.3 is 12.0 Å². The van der Waals surface area contributed by atoms with Crippen LogP contribution in [0.5, 0.6) is 0 Å². The van der Waals surface area contributed by atoms with E-state index in [9.17, 15) is 9.59 Å². The van der Waals surface area contributed by atoms with Crippen LogP contribution in [-0.2, 0) is 4.79 Å². The number of amides is 2. The Kier molecular flexibility index (Phi) is 5.20. The normalized spacial score (nSPS) is 23.1. The van der Waals surface area contributed by atoms with E-state index in [0.29, 0.717) is 0 Å². The molecule has 1 aliphatic carbocycles. The van der Waals surface area contributed by atoms with Crippen molar-refractivity contribution >= 4 is 12.0 Å². The maximum absolute atomic E-state index is 11.8. The average molecular weight is 270 g/mol. The van der Waals surface area contributed by atoms with Crippen molar-refractivity contribution in [2.75, 3.05) is 6.54 Å². The Morgan fingerprint density at radius 1 is 1.37 bits per heavy atom. The van der Waals surface area contributed by atoms with Crippen molar-refractivity contribution in [2.45, 2.75) is 53.0 Å². The smallest absolute Gasteiger partial charge is 0.315 e. The molecule has 0 spiro atoms. The van der Waals surface area contributed by atoms with Crippen molar-refractivity contribution in [2.24, 2.45) is 17.3 Å². The number of nitrogens with one attached hydrogen (secondary N) is 2. The number of carbonyl (C=O) groups excluding carboxylic acids is 1. The Labute approximate surface area is 115 Å². The lowest BCUT2D eigenvalue weighted by molar-refractivity contribution is -0.142. The van der Waals surface area contributed by atoms with E-state index in [0.717, 1.165) is 19.3 Å². The highest BCUT2D eigenvalue weighted by atomic mass is 16.4. The molecule has 2 amide bonds. The summed E-state index contributed by atoms with van der Waals surface area (Å²) >= 11 is 0. The van der Waals surface area contributed by atoms with E-state index < -0.39 is 11.9 Å². The number of carbonyl (C=O) groups is 2. The molecule has 2 atom stereocenters. The SMILES string of the molecule is CC(C)C(CNC(=O)NC1CCCC1(C)C)C(=O)O. The van der Waals surface area contributed by atoms with Crippen molar-refractivity contribution in [1.82, 2.24) is 10.6 Å². The van der Waals surface area contributed by atoms with E-state index in [1.807, 2.05) is 13.8 Å². The molecule has 0 aromatic rings. The van der Waals surface area contributed by atoms with Gasteiger partial charge in [-0.2, -0.15) is 0 Å². The van der Waals surface area contributed by atoms with Crippen LogP contribution in [0.2, 0.25) is 0 Å². The van der Waals surface area contributed by atoms with Gasteiger partial charge in [0, 0.05) is 12.6 Å². The highest BCUT2D eigenvalue weighted by Crippen LogP contribution is 2.37. The molecule has 5 nitrogen and oxygen atoms in total. The third-order valence-electron chi connectivity index (χ3n) is 4.17. The molecule has 110 valence electrons. The first-order valence-electron chi connectivity index (χ1n) is 7.01. The van der Waals surface area contributed by atoms with E-state index in [1.54, 1.807) is 0 Å². The van der Waals surface area contributed by atoms with Crippen molar-refractivity contribution in [3.63, 3.8) is 0 Å². The second-order valence-corrected chi connectivity index (χ2v) is 6.48. The lowest BCUT2D eigenvalue weighted by Gasteiger charge is -2.28. The Balaban J connectivity index is 2.41. The zero-order valence-electron chi connectivity index (χ0n) is 12.3. The first-order chi connectivity index (χ1) is 8.74. The summed E-state index contributed by atoms with van der Waals surface area (Å²) in [5.41, 5.74) is 0.127. The quantitative estimate of drug-likeness (QED) is 0.716. The van der Waals surface area contributed by atoms with E-state index in [4.69, 9.17) is 5.11 Å². The molecule has 0 heterocycles. The van der Waals surface area contributed by atoms with Crippen LogP contribution in [0.4, 0.5) is 4.79 Å². The van der Waals surface area contributed by atoms with Gasteiger partial charge in [0.25, 0.3) is 0 Å². The number of carboxylic acid groups (broad SMARTS) is 1. The van der Waals surface area contributed by atoms with Crippen molar-refractivity contribution in [3.05, 3.63) is 0 Å². The third-order valence-corrected chi connectivity index (χ3v) is 4.17. The van der Waals surface area contributed by atoms with Crippen molar-refractivity contribution in [1.29, 1.82) is 0 Å². The van der Waals surface area contributed by atoms with Crippen LogP contribution < -0.4 is 10.6 Å². The molecule has 3 N–H and O–H groups in total. The van der Waals surface area contributed by atoms with Gasteiger partial charge in [-0.15, -0.1) is 0 Å². The molecule has 2 unspecified atom stereocenters. The maximum Gasteiger partial charge on any atom is 0.315 e. The summed E-state index contributed by atoms with van der Waals surface area (Å²) in [5.74, 6) is -1.40. The molecule has 0 radical (unpaired) electrons. The number of aliphatic carboxylic acids is 1. The fourth-order valence-electron chi connectivity index (χ4n) is 2.61. The monoisotopic (exact) mass is 270 g/mol. The molecule has 0 aromatic heterocycles. The van der Waals surface area contributed by atoms with Gasteiger partial charge in [0.2, 0.25) is 0 Å². The van der Waals surface area contributed by atoms with Crippen molar-refractivity contribution in [3.8, 4) is 0 Å². The topological polar surface area (TPSA) is 78.4 Å². The summed E-state index contributed by atoms with van der Waals surface area (Å²) in [5, 5.41) is 14.7. The van der Waals surface area contributed by atoms with Gasteiger partial charge in [-0.3, -0.25) is 4.79 Å². The standard InChI is InChI=1S/C14H26N2O3/c1-9(2)10(12(17)18)8-15-13(19)16-11-6-5-7-14(11,3)4/h9-11H,5-8H2,1-4H3,(H,17,18)(H2,15,16,19). The summed E-state index contributed by atoms with van der Waals surface area (Å²) < 4.78 is 0. The Morgan fingerprint density at radius 2 is 2.00 bits per heavy atom. The predicted octanol–water partition coefficient (Wildman–Crippen LogP) is 2.22. The first kappa shape index (κ1) is 15.8. The van der Waals surface area contributed by atoms with Crippen molar-refractivity contribution < 1.29 is 14.7 Å². The number of carboxylic acids is 1. The van der Waals surface area contributed by atoms with Crippen LogP contribution in [-0.4, -0.2) is 29.7 Å². The molecule has 0 aromatic carbocycles. The molecule has 0 aliphatic heterocycles. The van der Waals surface area contributed by atoms with Crippen LogP contribution in [0.3, 0.4) is 0 Å². The number of hydrogen-bond donors (Lipinski definition) is 3. The van der Waals surface area contributed by atoms with E-state index in [1.165, 1.54) is 0 Å². The second kappa shape index (κ2) is 6.26. The van der Waals surface area contributed by atoms with Gasteiger partial charge in [0.1, 0.15) is 0 Å². The molecule has 1 aliphatic rings.